The number of nitrogens with zero attached hydrogens (tertiary/aromatic N) is 2. The topological polar surface area (TPSA) is 53.8 Å². The van der Waals surface area contributed by atoms with Gasteiger partial charge in [-0.3, -0.25) is 9.59 Å². The second-order valence-corrected chi connectivity index (χ2v) is 9.50. The molecule has 5 nitrogen and oxygen atoms in total. The molecule has 34 heavy (non-hydrogen) atoms. The summed E-state index contributed by atoms with van der Waals surface area (Å²) in [7, 11) is 0. The van der Waals surface area contributed by atoms with Crippen molar-refractivity contribution < 1.29 is 18.4 Å². The standard InChI is InChI=1S/C28H41FN2O3/c1-4-5-6-7-8-9-10-13-27(32)30(19-23(2)3)22-28(33)31(21-26-12-11-18-34-26)20-24-14-16-25(29)17-15-24/h11-12,14-18,23H,4-10,13,19-22H2,1-3H3. The van der Waals surface area contributed by atoms with Gasteiger partial charge in [0.05, 0.1) is 19.4 Å². The summed E-state index contributed by atoms with van der Waals surface area (Å²) in [5.41, 5.74) is 0.825. The SMILES string of the molecule is CCCCCCCCCC(=O)N(CC(=O)N(Cc1ccc(F)cc1)Cc1ccco1)CC(C)C. The van der Waals surface area contributed by atoms with Crippen molar-refractivity contribution in [3.63, 3.8) is 0 Å². The molecule has 0 fully saturated rings. The summed E-state index contributed by atoms with van der Waals surface area (Å²) in [6.07, 6.45) is 10.1. The molecule has 0 aliphatic rings. The van der Waals surface area contributed by atoms with E-state index in [1.807, 2.05) is 6.07 Å². The molecule has 0 saturated heterocycles. The Labute approximate surface area is 204 Å². The number of carbonyl (C=O) groups is 2. The van der Waals surface area contributed by atoms with E-state index in [0.29, 0.717) is 31.8 Å². The van der Waals surface area contributed by atoms with Crippen molar-refractivity contribution in [3.05, 3.63) is 59.8 Å². The Balaban J connectivity index is 1.98. The van der Waals surface area contributed by atoms with E-state index in [2.05, 4.69) is 20.8 Å². The Kier molecular flexibility index (Phi) is 12.4. The van der Waals surface area contributed by atoms with Crippen LogP contribution in [0.2, 0.25) is 0 Å². The number of unbranched alkanes of at least 4 members (excludes halogenated alkanes) is 6. The van der Waals surface area contributed by atoms with Crippen LogP contribution in [0, 0.1) is 11.7 Å². The second-order valence-electron chi connectivity index (χ2n) is 9.50. The number of benzene rings is 1. The van der Waals surface area contributed by atoms with Gasteiger partial charge in [0.25, 0.3) is 0 Å². The van der Waals surface area contributed by atoms with Crippen LogP contribution in [-0.4, -0.2) is 34.7 Å². The van der Waals surface area contributed by atoms with Crippen LogP contribution in [0.15, 0.2) is 47.1 Å². The van der Waals surface area contributed by atoms with Gasteiger partial charge in [0.2, 0.25) is 11.8 Å². The molecule has 0 unspecified atom stereocenters. The van der Waals surface area contributed by atoms with E-state index in [1.54, 1.807) is 34.3 Å². The maximum absolute atomic E-state index is 13.3. The minimum atomic E-state index is -0.313. The molecular formula is C28H41FN2O3. The fourth-order valence-corrected chi connectivity index (χ4v) is 3.98. The van der Waals surface area contributed by atoms with Crippen LogP contribution in [0.1, 0.15) is 83.5 Å². The number of hydrogen-bond acceptors (Lipinski definition) is 3. The van der Waals surface area contributed by atoms with Gasteiger partial charge in [-0.05, 0) is 42.2 Å². The third-order valence-electron chi connectivity index (χ3n) is 5.82. The smallest absolute Gasteiger partial charge is 0.242 e. The molecule has 0 N–H and O–H groups in total. The first-order valence-electron chi connectivity index (χ1n) is 12.7. The van der Waals surface area contributed by atoms with Crippen molar-refractivity contribution in [2.75, 3.05) is 13.1 Å². The molecule has 188 valence electrons. The summed E-state index contributed by atoms with van der Waals surface area (Å²) in [5, 5.41) is 0. The molecule has 0 radical (unpaired) electrons. The Hall–Kier alpha value is -2.63. The summed E-state index contributed by atoms with van der Waals surface area (Å²) in [5.74, 6) is 0.512. The fraction of sp³-hybridized carbons (Fsp3) is 0.571. The summed E-state index contributed by atoms with van der Waals surface area (Å²) in [6, 6.07) is 9.74. The number of amides is 2. The first kappa shape index (κ1) is 27.6. The van der Waals surface area contributed by atoms with Crippen LogP contribution in [-0.2, 0) is 22.7 Å². The molecule has 0 saturated carbocycles. The van der Waals surface area contributed by atoms with Crippen LogP contribution in [0.3, 0.4) is 0 Å². The summed E-state index contributed by atoms with van der Waals surface area (Å²) >= 11 is 0. The van der Waals surface area contributed by atoms with E-state index in [1.165, 1.54) is 37.8 Å². The third-order valence-corrected chi connectivity index (χ3v) is 5.82. The van der Waals surface area contributed by atoms with Gasteiger partial charge in [0.1, 0.15) is 11.6 Å². The summed E-state index contributed by atoms with van der Waals surface area (Å²) in [6.45, 7) is 7.52. The van der Waals surface area contributed by atoms with Crippen LogP contribution < -0.4 is 0 Å². The lowest BCUT2D eigenvalue weighted by atomic mass is 10.1. The Morgan fingerprint density at radius 3 is 2.18 bits per heavy atom. The minimum absolute atomic E-state index is 0.0371. The Morgan fingerprint density at radius 1 is 0.882 bits per heavy atom. The van der Waals surface area contributed by atoms with Crippen molar-refractivity contribution in [3.8, 4) is 0 Å². The average molecular weight is 473 g/mol. The molecule has 2 aromatic rings. The molecule has 6 heteroatoms. The molecule has 1 aromatic carbocycles. The number of furan rings is 1. The number of carbonyl (C=O) groups excluding carboxylic acids is 2. The quantitative estimate of drug-likeness (QED) is 0.260. The van der Waals surface area contributed by atoms with Gasteiger partial charge in [-0.2, -0.15) is 0 Å². The third kappa shape index (κ3) is 10.5. The van der Waals surface area contributed by atoms with E-state index >= 15 is 0 Å². The molecule has 0 aliphatic carbocycles. The molecule has 0 atom stereocenters. The van der Waals surface area contributed by atoms with E-state index in [-0.39, 0.29) is 30.1 Å². The molecule has 1 heterocycles. The molecule has 2 amide bonds. The maximum atomic E-state index is 13.3. The highest BCUT2D eigenvalue weighted by molar-refractivity contribution is 5.84. The van der Waals surface area contributed by atoms with Crippen LogP contribution in [0.25, 0.3) is 0 Å². The van der Waals surface area contributed by atoms with Crippen molar-refractivity contribution in [2.45, 2.75) is 85.2 Å². The zero-order valence-corrected chi connectivity index (χ0v) is 21.1. The highest BCUT2D eigenvalue weighted by Crippen LogP contribution is 2.15. The van der Waals surface area contributed by atoms with E-state index in [0.717, 1.165) is 24.8 Å². The van der Waals surface area contributed by atoms with Crippen molar-refractivity contribution in [1.82, 2.24) is 9.80 Å². The zero-order valence-electron chi connectivity index (χ0n) is 21.1. The summed E-state index contributed by atoms with van der Waals surface area (Å²) < 4.78 is 18.8. The van der Waals surface area contributed by atoms with E-state index in [4.69, 9.17) is 4.42 Å². The molecule has 0 aliphatic heterocycles. The van der Waals surface area contributed by atoms with Crippen molar-refractivity contribution in [1.29, 1.82) is 0 Å². The molecular weight excluding hydrogens is 431 g/mol. The van der Waals surface area contributed by atoms with Gasteiger partial charge in [0.15, 0.2) is 0 Å². The van der Waals surface area contributed by atoms with E-state index < -0.39 is 0 Å². The van der Waals surface area contributed by atoms with Crippen molar-refractivity contribution >= 4 is 11.8 Å². The largest absolute Gasteiger partial charge is 0.467 e. The van der Waals surface area contributed by atoms with Gasteiger partial charge in [-0.1, -0.05) is 71.4 Å². The maximum Gasteiger partial charge on any atom is 0.242 e. The van der Waals surface area contributed by atoms with Gasteiger partial charge < -0.3 is 14.2 Å². The second kappa shape index (κ2) is 15.3. The van der Waals surface area contributed by atoms with Crippen LogP contribution >= 0.6 is 0 Å². The Bertz CT molecular complexity index is 834. The first-order chi connectivity index (χ1) is 16.4. The monoisotopic (exact) mass is 472 g/mol. The van der Waals surface area contributed by atoms with Crippen molar-refractivity contribution in [2.24, 2.45) is 5.92 Å². The lowest BCUT2D eigenvalue weighted by Crippen LogP contribution is -2.43. The normalized spacial score (nSPS) is 11.1. The molecule has 2 rings (SSSR count). The van der Waals surface area contributed by atoms with Gasteiger partial charge in [-0.25, -0.2) is 4.39 Å². The lowest BCUT2D eigenvalue weighted by Gasteiger charge is -2.28. The molecule has 0 bridgehead atoms. The predicted molar refractivity (Wildman–Crippen MR) is 133 cm³/mol. The van der Waals surface area contributed by atoms with Gasteiger partial charge in [0, 0.05) is 19.5 Å². The molecule has 0 spiro atoms. The van der Waals surface area contributed by atoms with Gasteiger partial charge in [-0.15, -0.1) is 0 Å². The number of halogens is 1. The van der Waals surface area contributed by atoms with Gasteiger partial charge >= 0.3 is 0 Å². The fourth-order valence-electron chi connectivity index (χ4n) is 3.98. The predicted octanol–water partition coefficient (Wildman–Crippen LogP) is 6.57. The highest BCUT2D eigenvalue weighted by Gasteiger charge is 2.23. The number of rotatable bonds is 16. The Morgan fingerprint density at radius 2 is 1.56 bits per heavy atom. The highest BCUT2D eigenvalue weighted by atomic mass is 19.1. The first-order valence-corrected chi connectivity index (χ1v) is 12.7. The van der Waals surface area contributed by atoms with Crippen LogP contribution in [0.5, 0.6) is 0 Å². The minimum Gasteiger partial charge on any atom is -0.467 e. The molecule has 1 aromatic heterocycles. The lowest BCUT2D eigenvalue weighted by molar-refractivity contribution is -0.141. The summed E-state index contributed by atoms with van der Waals surface area (Å²) in [4.78, 5) is 29.7. The van der Waals surface area contributed by atoms with E-state index in [9.17, 15) is 14.0 Å². The number of hydrogen-bond donors (Lipinski definition) is 0. The van der Waals surface area contributed by atoms with Crippen LogP contribution in [0.4, 0.5) is 4.39 Å². The average Bonchev–Trinajstić information content (AvgIpc) is 3.31. The zero-order chi connectivity index (χ0) is 24.8.